The average molecular weight is 254 g/mol. The third kappa shape index (κ3) is 5.73. The first-order valence-corrected chi connectivity index (χ1v) is 6.30. The van der Waals surface area contributed by atoms with Crippen LogP contribution in [0.4, 0.5) is 0 Å². The van der Waals surface area contributed by atoms with E-state index in [-0.39, 0.29) is 5.91 Å². The summed E-state index contributed by atoms with van der Waals surface area (Å²) < 4.78 is 0. The normalized spacial score (nSPS) is 11.3. The van der Waals surface area contributed by atoms with Crippen molar-refractivity contribution in [1.29, 1.82) is 0 Å². The number of benzene rings is 1. The summed E-state index contributed by atoms with van der Waals surface area (Å²) in [5, 5.41) is 3.56. The van der Waals surface area contributed by atoms with E-state index in [0.717, 1.165) is 19.4 Å². The molecular formula is C14H20ClNO. The molecule has 0 fully saturated rings. The van der Waals surface area contributed by atoms with Crippen LogP contribution in [0.25, 0.3) is 0 Å². The van der Waals surface area contributed by atoms with E-state index < -0.39 is 0 Å². The highest BCUT2D eigenvalue weighted by Crippen LogP contribution is 2.19. The minimum absolute atomic E-state index is 0.0319. The zero-order chi connectivity index (χ0) is 12.9. The molecule has 0 saturated heterocycles. The molecule has 2 nitrogen and oxygen atoms in total. The van der Waals surface area contributed by atoms with E-state index in [1.165, 1.54) is 0 Å². The molecule has 0 aliphatic rings. The number of carbonyl (C=O) groups excluding carboxylic acids is 1. The molecule has 1 rings (SSSR count). The Bertz CT molecular complexity index is 365. The fraction of sp³-hybridized carbons (Fsp3) is 0.500. The van der Waals surface area contributed by atoms with Crippen molar-refractivity contribution < 1.29 is 4.79 Å². The maximum absolute atomic E-state index is 11.7. The second-order valence-corrected chi connectivity index (χ2v) is 5.86. The van der Waals surface area contributed by atoms with Crippen LogP contribution in [0.3, 0.4) is 0 Å². The van der Waals surface area contributed by atoms with E-state index in [4.69, 9.17) is 11.6 Å². The van der Waals surface area contributed by atoms with Gasteiger partial charge in [0.2, 0.25) is 0 Å². The van der Waals surface area contributed by atoms with Crippen LogP contribution in [-0.2, 0) is 0 Å². The predicted molar refractivity (Wildman–Crippen MR) is 72.5 cm³/mol. The molecule has 0 atom stereocenters. The smallest absolute Gasteiger partial charge is 0.251 e. The summed E-state index contributed by atoms with van der Waals surface area (Å²) >= 11 is 5.76. The van der Waals surface area contributed by atoms with E-state index in [2.05, 4.69) is 26.1 Å². The number of hydrogen-bond donors (Lipinski definition) is 1. The Morgan fingerprint density at radius 3 is 2.35 bits per heavy atom. The zero-order valence-electron chi connectivity index (χ0n) is 10.7. The summed E-state index contributed by atoms with van der Waals surface area (Å²) in [5.74, 6) is -0.0319. The van der Waals surface area contributed by atoms with Gasteiger partial charge in [-0.3, -0.25) is 4.79 Å². The number of nitrogens with one attached hydrogen (secondary N) is 1. The van der Waals surface area contributed by atoms with Gasteiger partial charge in [-0.1, -0.05) is 32.4 Å². The first-order valence-electron chi connectivity index (χ1n) is 5.92. The van der Waals surface area contributed by atoms with Crippen LogP contribution in [0, 0.1) is 5.41 Å². The molecule has 0 bridgehead atoms. The van der Waals surface area contributed by atoms with Gasteiger partial charge in [-0.15, -0.1) is 0 Å². The summed E-state index contributed by atoms with van der Waals surface area (Å²) in [6.07, 6.45) is 2.11. The topological polar surface area (TPSA) is 29.1 Å². The molecule has 1 N–H and O–H groups in total. The van der Waals surface area contributed by atoms with Gasteiger partial charge in [-0.05, 0) is 42.5 Å². The van der Waals surface area contributed by atoms with Crippen molar-refractivity contribution in [1.82, 2.24) is 5.32 Å². The molecule has 0 heterocycles. The van der Waals surface area contributed by atoms with E-state index >= 15 is 0 Å². The van der Waals surface area contributed by atoms with E-state index in [9.17, 15) is 4.79 Å². The zero-order valence-corrected chi connectivity index (χ0v) is 11.5. The van der Waals surface area contributed by atoms with E-state index in [1.807, 2.05) is 0 Å². The number of rotatable bonds is 4. The van der Waals surface area contributed by atoms with Crippen LogP contribution in [0.1, 0.15) is 44.0 Å². The lowest BCUT2D eigenvalue weighted by Crippen LogP contribution is -2.25. The van der Waals surface area contributed by atoms with Crippen molar-refractivity contribution in [3.05, 3.63) is 34.9 Å². The first-order chi connectivity index (χ1) is 7.88. The second kappa shape index (κ2) is 6.06. The Morgan fingerprint density at radius 2 is 1.82 bits per heavy atom. The molecule has 94 valence electrons. The molecule has 0 radical (unpaired) electrons. The van der Waals surface area contributed by atoms with Crippen LogP contribution < -0.4 is 5.32 Å². The standard InChI is InChI=1S/C14H20ClNO/c1-14(2,3)9-4-10-16-13(17)11-5-7-12(15)8-6-11/h5-8H,4,9-10H2,1-3H3,(H,16,17). The van der Waals surface area contributed by atoms with Crippen molar-refractivity contribution in [3.8, 4) is 0 Å². The van der Waals surface area contributed by atoms with Crippen molar-refractivity contribution in [2.75, 3.05) is 6.54 Å². The molecule has 0 aliphatic carbocycles. The molecule has 0 aliphatic heterocycles. The van der Waals surface area contributed by atoms with Crippen LogP contribution in [0.5, 0.6) is 0 Å². The highest BCUT2D eigenvalue weighted by Gasteiger charge is 2.10. The van der Waals surface area contributed by atoms with Gasteiger partial charge in [0.25, 0.3) is 5.91 Å². The number of halogens is 1. The highest BCUT2D eigenvalue weighted by atomic mass is 35.5. The molecule has 17 heavy (non-hydrogen) atoms. The SMILES string of the molecule is CC(C)(C)CCCNC(=O)c1ccc(Cl)cc1. The summed E-state index contributed by atoms with van der Waals surface area (Å²) in [6, 6.07) is 6.93. The highest BCUT2D eigenvalue weighted by molar-refractivity contribution is 6.30. The molecule has 3 heteroatoms. The van der Waals surface area contributed by atoms with Crippen LogP contribution in [0.2, 0.25) is 5.02 Å². The summed E-state index contributed by atoms with van der Waals surface area (Å²) in [4.78, 5) is 11.7. The van der Waals surface area contributed by atoms with Gasteiger partial charge in [0, 0.05) is 17.1 Å². The lowest BCUT2D eigenvalue weighted by atomic mass is 9.91. The lowest BCUT2D eigenvalue weighted by Gasteiger charge is -2.17. The molecule has 1 aromatic rings. The third-order valence-electron chi connectivity index (χ3n) is 2.50. The third-order valence-corrected chi connectivity index (χ3v) is 2.75. The van der Waals surface area contributed by atoms with Crippen LogP contribution in [0.15, 0.2) is 24.3 Å². The number of carbonyl (C=O) groups is 1. The summed E-state index contributed by atoms with van der Waals surface area (Å²) in [5.41, 5.74) is 0.982. The Balaban J connectivity index is 2.33. The van der Waals surface area contributed by atoms with Gasteiger partial charge in [-0.25, -0.2) is 0 Å². The molecule has 0 aromatic heterocycles. The second-order valence-electron chi connectivity index (χ2n) is 5.43. The Hall–Kier alpha value is -1.02. The molecule has 1 amide bonds. The van der Waals surface area contributed by atoms with Crippen molar-refractivity contribution in [3.63, 3.8) is 0 Å². The molecule has 0 unspecified atom stereocenters. The van der Waals surface area contributed by atoms with E-state index in [1.54, 1.807) is 24.3 Å². The fourth-order valence-electron chi connectivity index (χ4n) is 1.52. The fourth-order valence-corrected chi connectivity index (χ4v) is 1.65. The molecule has 0 spiro atoms. The summed E-state index contributed by atoms with van der Waals surface area (Å²) in [6.45, 7) is 7.33. The van der Waals surface area contributed by atoms with Gasteiger partial charge < -0.3 is 5.32 Å². The van der Waals surface area contributed by atoms with Gasteiger partial charge >= 0.3 is 0 Å². The molecule has 0 saturated carbocycles. The van der Waals surface area contributed by atoms with Crippen molar-refractivity contribution in [2.24, 2.45) is 5.41 Å². The monoisotopic (exact) mass is 253 g/mol. The summed E-state index contributed by atoms with van der Waals surface area (Å²) in [7, 11) is 0. The number of hydrogen-bond acceptors (Lipinski definition) is 1. The predicted octanol–water partition coefficient (Wildman–Crippen LogP) is 3.90. The van der Waals surface area contributed by atoms with E-state index in [0.29, 0.717) is 16.0 Å². The van der Waals surface area contributed by atoms with Crippen molar-refractivity contribution in [2.45, 2.75) is 33.6 Å². The largest absolute Gasteiger partial charge is 0.352 e. The van der Waals surface area contributed by atoms with Crippen molar-refractivity contribution >= 4 is 17.5 Å². The Morgan fingerprint density at radius 1 is 1.24 bits per heavy atom. The maximum atomic E-state index is 11.7. The minimum atomic E-state index is -0.0319. The van der Waals surface area contributed by atoms with Gasteiger partial charge in [0.1, 0.15) is 0 Å². The van der Waals surface area contributed by atoms with Gasteiger partial charge in [0.05, 0.1) is 0 Å². The van der Waals surface area contributed by atoms with Crippen LogP contribution in [-0.4, -0.2) is 12.5 Å². The van der Waals surface area contributed by atoms with Gasteiger partial charge in [-0.2, -0.15) is 0 Å². The quantitative estimate of drug-likeness (QED) is 0.811. The Labute approximate surface area is 108 Å². The van der Waals surface area contributed by atoms with Gasteiger partial charge in [0.15, 0.2) is 0 Å². The minimum Gasteiger partial charge on any atom is -0.352 e. The maximum Gasteiger partial charge on any atom is 0.251 e. The molecular weight excluding hydrogens is 234 g/mol. The lowest BCUT2D eigenvalue weighted by molar-refractivity contribution is 0.0951. The Kier molecular flexibility index (Phi) is 5.01. The average Bonchev–Trinajstić information content (AvgIpc) is 2.24. The van der Waals surface area contributed by atoms with Crippen LogP contribution >= 0.6 is 11.6 Å². The molecule has 1 aromatic carbocycles. The number of amides is 1. The first kappa shape index (κ1) is 14.0.